The highest BCUT2D eigenvalue weighted by Gasteiger charge is 2.26. The third kappa shape index (κ3) is 7.43. The maximum Gasteiger partial charge on any atom is 0.216 e. The SMILES string of the molecule is COCCOCCS(=O)(=O)N1CCN(Cc2ccnc(Cc3nc4ccc(-c5ncncc5OC)cc4[nH]3)c2)CC1. The molecule has 1 aliphatic rings. The van der Waals surface area contributed by atoms with Crippen LogP contribution in [0.25, 0.3) is 22.3 Å². The standard InChI is InChI=1S/C28H35N7O5S/c1-38-11-12-40-13-14-41(36,37)35-9-7-34(8-10-35)19-21-5-6-30-23(15-21)17-27-32-24-4-3-22(16-25(24)33-27)28-26(39-2)18-29-20-31-28/h3-6,15-16,18,20H,7-14,17,19H2,1-2H3,(H,32,33). The second-order valence-electron chi connectivity index (χ2n) is 9.78. The zero-order valence-electron chi connectivity index (χ0n) is 23.3. The molecule has 0 unspecified atom stereocenters. The van der Waals surface area contributed by atoms with Crippen LogP contribution in [-0.2, 0) is 32.5 Å². The Morgan fingerprint density at radius 2 is 1.85 bits per heavy atom. The van der Waals surface area contributed by atoms with Crippen LogP contribution in [0.1, 0.15) is 17.1 Å². The van der Waals surface area contributed by atoms with Gasteiger partial charge in [-0.1, -0.05) is 6.07 Å². The van der Waals surface area contributed by atoms with Crippen molar-refractivity contribution in [2.75, 3.05) is 66.0 Å². The molecule has 4 aromatic rings. The minimum atomic E-state index is -3.33. The normalized spacial score (nSPS) is 15.0. The number of nitrogens with zero attached hydrogens (tertiary/aromatic N) is 6. The number of aromatic amines is 1. The summed E-state index contributed by atoms with van der Waals surface area (Å²) in [5.74, 6) is 1.42. The average Bonchev–Trinajstić information content (AvgIpc) is 3.39. The molecule has 4 heterocycles. The lowest BCUT2D eigenvalue weighted by atomic mass is 10.1. The Bertz CT molecular complexity index is 1550. The Kier molecular flexibility index (Phi) is 9.52. The van der Waals surface area contributed by atoms with Gasteiger partial charge in [0.15, 0.2) is 5.75 Å². The van der Waals surface area contributed by atoms with Gasteiger partial charge in [-0.25, -0.2) is 23.4 Å². The first-order valence-electron chi connectivity index (χ1n) is 13.5. The molecule has 1 saturated heterocycles. The number of ether oxygens (including phenoxy) is 3. The number of pyridine rings is 1. The molecule has 12 nitrogen and oxygen atoms in total. The molecule has 1 N–H and O–H groups in total. The zero-order valence-corrected chi connectivity index (χ0v) is 24.1. The van der Waals surface area contributed by atoms with Gasteiger partial charge in [-0.15, -0.1) is 0 Å². The van der Waals surface area contributed by atoms with E-state index in [4.69, 9.17) is 19.2 Å². The summed E-state index contributed by atoms with van der Waals surface area (Å²) < 4.78 is 42.5. The highest BCUT2D eigenvalue weighted by Crippen LogP contribution is 2.28. The van der Waals surface area contributed by atoms with Gasteiger partial charge < -0.3 is 19.2 Å². The van der Waals surface area contributed by atoms with Crippen molar-refractivity contribution in [3.05, 3.63) is 66.1 Å². The number of H-pyrrole nitrogens is 1. The van der Waals surface area contributed by atoms with Crippen LogP contribution >= 0.6 is 0 Å². The van der Waals surface area contributed by atoms with Crippen molar-refractivity contribution in [3.63, 3.8) is 0 Å². The van der Waals surface area contributed by atoms with Crippen molar-refractivity contribution in [1.29, 1.82) is 0 Å². The van der Waals surface area contributed by atoms with E-state index in [9.17, 15) is 8.42 Å². The van der Waals surface area contributed by atoms with Gasteiger partial charge in [-0.3, -0.25) is 9.88 Å². The molecule has 13 heteroatoms. The number of hydrogen-bond acceptors (Lipinski definition) is 10. The minimum Gasteiger partial charge on any atom is -0.493 e. The second kappa shape index (κ2) is 13.4. The molecule has 1 fully saturated rings. The van der Waals surface area contributed by atoms with Crippen LogP contribution in [0.3, 0.4) is 0 Å². The summed E-state index contributed by atoms with van der Waals surface area (Å²) >= 11 is 0. The maximum atomic E-state index is 12.7. The summed E-state index contributed by atoms with van der Waals surface area (Å²) in [7, 11) is -0.145. The van der Waals surface area contributed by atoms with Gasteiger partial charge in [0, 0.05) is 63.7 Å². The number of rotatable bonds is 13. The molecule has 41 heavy (non-hydrogen) atoms. The fraction of sp³-hybridized carbons (Fsp3) is 0.429. The predicted octanol–water partition coefficient (Wildman–Crippen LogP) is 2.12. The number of methoxy groups -OCH3 is 2. The molecule has 3 aromatic heterocycles. The molecule has 0 bridgehead atoms. The van der Waals surface area contributed by atoms with Gasteiger partial charge in [0.25, 0.3) is 0 Å². The number of fused-ring (bicyclic) bond motifs is 1. The lowest BCUT2D eigenvalue weighted by Crippen LogP contribution is -2.49. The molecule has 0 atom stereocenters. The van der Waals surface area contributed by atoms with Crippen molar-refractivity contribution >= 4 is 21.1 Å². The van der Waals surface area contributed by atoms with Crippen molar-refractivity contribution in [1.82, 2.24) is 34.1 Å². The minimum absolute atomic E-state index is 0.0116. The van der Waals surface area contributed by atoms with E-state index in [1.54, 1.807) is 24.7 Å². The van der Waals surface area contributed by atoms with Crippen LogP contribution in [0, 0.1) is 0 Å². The topological polar surface area (TPSA) is 136 Å². The average molecular weight is 582 g/mol. The summed E-state index contributed by atoms with van der Waals surface area (Å²) in [6, 6.07) is 10.0. The van der Waals surface area contributed by atoms with Gasteiger partial charge in [-0.2, -0.15) is 4.31 Å². The summed E-state index contributed by atoms with van der Waals surface area (Å²) in [4.78, 5) is 23.4. The van der Waals surface area contributed by atoms with E-state index in [1.807, 2.05) is 30.5 Å². The van der Waals surface area contributed by atoms with Crippen molar-refractivity contribution in [3.8, 4) is 17.0 Å². The lowest BCUT2D eigenvalue weighted by molar-refractivity contribution is 0.0779. The highest BCUT2D eigenvalue weighted by atomic mass is 32.2. The fourth-order valence-electron chi connectivity index (χ4n) is 4.83. The molecule has 0 saturated carbocycles. The summed E-state index contributed by atoms with van der Waals surface area (Å²) in [6.07, 6.45) is 5.53. The maximum absolute atomic E-state index is 12.7. The van der Waals surface area contributed by atoms with E-state index < -0.39 is 10.0 Å². The smallest absolute Gasteiger partial charge is 0.216 e. The van der Waals surface area contributed by atoms with Crippen LogP contribution in [0.5, 0.6) is 5.75 Å². The monoisotopic (exact) mass is 581 g/mol. The molecular weight excluding hydrogens is 546 g/mol. The number of piperazine rings is 1. The molecular formula is C28H35N7O5S. The lowest BCUT2D eigenvalue weighted by Gasteiger charge is -2.34. The van der Waals surface area contributed by atoms with Crippen molar-refractivity contribution in [2.45, 2.75) is 13.0 Å². The van der Waals surface area contributed by atoms with Gasteiger partial charge in [0.05, 0.1) is 49.9 Å². The van der Waals surface area contributed by atoms with E-state index in [0.717, 1.165) is 45.9 Å². The largest absolute Gasteiger partial charge is 0.493 e. The predicted molar refractivity (Wildman–Crippen MR) is 154 cm³/mol. The number of nitrogens with one attached hydrogen (secondary N) is 1. The van der Waals surface area contributed by atoms with Crippen LogP contribution in [-0.4, -0.2) is 109 Å². The van der Waals surface area contributed by atoms with Crippen molar-refractivity contribution < 1.29 is 22.6 Å². The Balaban J connectivity index is 1.17. The molecule has 5 rings (SSSR count). The van der Waals surface area contributed by atoms with E-state index in [1.165, 1.54) is 6.33 Å². The van der Waals surface area contributed by atoms with E-state index in [-0.39, 0.29) is 12.4 Å². The highest BCUT2D eigenvalue weighted by molar-refractivity contribution is 7.89. The molecule has 218 valence electrons. The Morgan fingerprint density at radius 3 is 2.66 bits per heavy atom. The van der Waals surface area contributed by atoms with Crippen LogP contribution < -0.4 is 4.74 Å². The van der Waals surface area contributed by atoms with Crippen LogP contribution in [0.2, 0.25) is 0 Å². The fourth-order valence-corrected chi connectivity index (χ4v) is 6.14. The number of sulfonamides is 1. The van der Waals surface area contributed by atoms with Gasteiger partial charge in [-0.05, 0) is 29.8 Å². The van der Waals surface area contributed by atoms with Gasteiger partial charge in [0.2, 0.25) is 10.0 Å². The Hall–Kier alpha value is -3.49. The second-order valence-corrected chi connectivity index (χ2v) is 11.9. The molecule has 0 aliphatic carbocycles. The van der Waals surface area contributed by atoms with E-state index >= 15 is 0 Å². The number of imidazole rings is 1. The van der Waals surface area contributed by atoms with Gasteiger partial charge in [0.1, 0.15) is 17.8 Å². The summed E-state index contributed by atoms with van der Waals surface area (Å²) in [5.41, 5.74) is 5.45. The molecule has 0 radical (unpaired) electrons. The van der Waals surface area contributed by atoms with E-state index in [2.05, 4.69) is 30.9 Å². The molecule has 0 spiro atoms. The third-order valence-electron chi connectivity index (χ3n) is 6.98. The first kappa shape index (κ1) is 29.0. The molecule has 0 amide bonds. The summed E-state index contributed by atoms with van der Waals surface area (Å²) in [6.45, 7) is 4.04. The van der Waals surface area contributed by atoms with Gasteiger partial charge >= 0.3 is 0 Å². The molecule has 1 aromatic carbocycles. The zero-order chi connectivity index (χ0) is 28.7. The first-order valence-corrected chi connectivity index (χ1v) is 15.1. The quantitative estimate of drug-likeness (QED) is 0.234. The Labute approximate surface area is 239 Å². The third-order valence-corrected chi connectivity index (χ3v) is 8.82. The summed E-state index contributed by atoms with van der Waals surface area (Å²) in [5, 5.41) is 0. The number of hydrogen-bond donors (Lipinski definition) is 1. The van der Waals surface area contributed by atoms with Crippen LogP contribution in [0.4, 0.5) is 0 Å². The van der Waals surface area contributed by atoms with E-state index in [0.29, 0.717) is 51.6 Å². The van der Waals surface area contributed by atoms with Crippen molar-refractivity contribution in [2.24, 2.45) is 0 Å². The first-order chi connectivity index (χ1) is 19.9. The Morgan fingerprint density at radius 1 is 1.00 bits per heavy atom. The number of benzene rings is 1. The van der Waals surface area contributed by atoms with Crippen LogP contribution in [0.15, 0.2) is 49.1 Å². The number of aromatic nitrogens is 5. The molecule has 1 aliphatic heterocycles.